The Balaban J connectivity index is 2.00. The molecule has 1 aliphatic rings. The topological polar surface area (TPSA) is 12.0 Å². The highest BCUT2D eigenvalue weighted by atomic mass is 31.1. The quantitative estimate of drug-likeness (QED) is 0.511. The summed E-state index contributed by atoms with van der Waals surface area (Å²) in [5, 5.41) is 3.41. The maximum Gasteiger partial charge on any atom is 0.0130 e. The van der Waals surface area contributed by atoms with E-state index in [0.717, 1.165) is 0 Å². The van der Waals surface area contributed by atoms with Crippen LogP contribution >= 0.6 is 17.2 Å². The minimum Gasteiger partial charge on any atom is -0.309 e. The molecule has 0 saturated carbocycles. The van der Waals surface area contributed by atoms with E-state index < -0.39 is 0 Å². The Morgan fingerprint density at radius 3 is 2.25 bits per heavy atom. The van der Waals surface area contributed by atoms with Crippen molar-refractivity contribution in [2.75, 3.05) is 24.9 Å². The lowest BCUT2D eigenvalue weighted by atomic mass is 10.6. The van der Waals surface area contributed by atoms with Crippen molar-refractivity contribution in [1.29, 1.82) is 0 Å². The van der Waals surface area contributed by atoms with Crippen molar-refractivity contribution >= 4 is 17.2 Å². The third-order valence-electron chi connectivity index (χ3n) is 1.21. The predicted molar refractivity (Wildman–Crippen MR) is 43.9 cm³/mol. The highest BCUT2D eigenvalue weighted by Gasteiger charge is 1.93. The molecular formula is C5H13NP2. The van der Waals surface area contributed by atoms with Crippen molar-refractivity contribution in [2.45, 2.75) is 6.42 Å². The van der Waals surface area contributed by atoms with Gasteiger partial charge in [0.1, 0.15) is 0 Å². The predicted octanol–water partition coefficient (Wildman–Crippen LogP) is 1.25. The molecule has 8 heavy (non-hydrogen) atoms. The minimum atomic E-state index is 1.18. The Labute approximate surface area is 54.6 Å². The van der Waals surface area contributed by atoms with Gasteiger partial charge < -0.3 is 5.32 Å². The fourth-order valence-corrected chi connectivity index (χ4v) is 3.17. The van der Waals surface area contributed by atoms with Gasteiger partial charge in [-0.15, -0.1) is 17.2 Å². The first-order valence-corrected chi connectivity index (χ1v) is 5.95. The molecule has 1 N–H and O–H groups in total. The highest BCUT2D eigenvalue weighted by molar-refractivity contribution is 7.39. The normalized spacial score (nSPS) is 30.0. The lowest BCUT2D eigenvalue weighted by Gasteiger charge is -2.08. The molecule has 0 bridgehead atoms. The second-order valence-electron chi connectivity index (χ2n) is 1.96. The molecule has 0 aromatic carbocycles. The Bertz CT molecular complexity index is 34.4. The van der Waals surface area contributed by atoms with E-state index in [0.29, 0.717) is 0 Å². The molecule has 0 aromatic rings. The first kappa shape index (κ1) is 6.93. The van der Waals surface area contributed by atoms with Crippen molar-refractivity contribution in [3.63, 3.8) is 0 Å². The third kappa shape index (κ3) is 2.97. The van der Waals surface area contributed by atoms with E-state index in [-0.39, 0.29) is 0 Å². The van der Waals surface area contributed by atoms with Gasteiger partial charge in [0.15, 0.2) is 0 Å². The zero-order valence-corrected chi connectivity index (χ0v) is 7.04. The maximum atomic E-state index is 3.41. The summed E-state index contributed by atoms with van der Waals surface area (Å²) in [6.45, 7) is 0. The van der Waals surface area contributed by atoms with Crippen LogP contribution in [0.2, 0.25) is 0 Å². The van der Waals surface area contributed by atoms with Gasteiger partial charge >= 0.3 is 0 Å². The Morgan fingerprint density at radius 2 is 1.62 bits per heavy atom. The van der Waals surface area contributed by atoms with Crippen LogP contribution in [0, 0.1) is 0 Å². The van der Waals surface area contributed by atoms with E-state index in [1.165, 1.54) is 48.5 Å². The molecule has 2 atom stereocenters. The fourth-order valence-electron chi connectivity index (χ4n) is 0.754. The largest absolute Gasteiger partial charge is 0.309 e. The summed E-state index contributed by atoms with van der Waals surface area (Å²) in [5.41, 5.74) is 0. The number of nitrogens with one attached hydrogen (secondary N) is 1. The van der Waals surface area contributed by atoms with Gasteiger partial charge in [-0.25, -0.2) is 0 Å². The van der Waals surface area contributed by atoms with Crippen LogP contribution in [-0.2, 0) is 0 Å². The van der Waals surface area contributed by atoms with E-state index in [2.05, 4.69) is 5.32 Å². The summed E-state index contributed by atoms with van der Waals surface area (Å²) in [5.74, 6) is 0. The summed E-state index contributed by atoms with van der Waals surface area (Å²) in [4.78, 5) is 0. The summed E-state index contributed by atoms with van der Waals surface area (Å²) in [6, 6.07) is 0. The van der Waals surface area contributed by atoms with Gasteiger partial charge in [0.2, 0.25) is 0 Å². The van der Waals surface area contributed by atoms with Gasteiger partial charge in [-0.1, -0.05) is 0 Å². The average molecular weight is 149 g/mol. The van der Waals surface area contributed by atoms with Crippen LogP contribution in [0.1, 0.15) is 6.42 Å². The average Bonchev–Trinajstić information content (AvgIpc) is 1.62. The van der Waals surface area contributed by atoms with Crippen LogP contribution in [0.3, 0.4) is 0 Å². The first-order chi connectivity index (χ1) is 4.00. The molecule has 0 spiro atoms. The van der Waals surface area contributed by atoms with Gasteiger partial charge in [0, 0.05) is 12.6 Å². The first-order valence-electron chi connectivity index (χ1n) is 3.12. The molecule has 1 saturated heterocycles. The lowest BCUT2D eigenvalue weighted by molar-refractivity contribution is 0.921. The molecule has 1 fully saturated rings. The summed E-state index contributed by atoms with van der Waals surface area (Å²) in [6.07, 6.45) is 7.00. The molecule has 48 valence electrons. The van der Waals surface area contributed by atoms with Crippen molar-refractivity contribution in [3.05, 3.63) is 0 Å². The lowest BCUT2D eigenvalue weighted by Crippen LogP contribution is -2.12. The van der Waals surface area contributed by atoms with E-state index in [1.807, 2.05) is 0 Å². The van der Waals surface area contributed by atoms with Crippen LogP contribution < -0.4 is 5.32 Å². The fraction of sp³-hybridized carbons (Fsp3) is 1.00. The van der Waals surface area contributed by atoms with Crippen molar-refractivity contribution < 1.29 is 0 Å². The van der Waals surface area contributed by atoms with Crippen molar-refractivity contribution in [3.8, 4) is 0 Å². The molecule has 0 amide bonds. The Hall–Kier alpha value is 0.820. The molecule has 1 heterocycles. The van der Waals surface area contributed by atoms with Gasteiger partial charge in [0.25, 0.3) is 0 Å². The van der Waals surface area contributed by atoms with Gasteiger partial charge in [-0.3, -0.25) is 0 Å². The summed E-state index contributed by atoms with van der Waals surface area (Å²) < 4.78 is 0. The maximum absolute atomic E-state index is 3.41. The van der Waals surface area contributed by atoms with Crippen LogP contribution in [0.5, 0.6) is 0 Å². The molecule has 1 rings (SSSR count). The number of rotatable bonds is 0. The molecule has 3 heteroatoms. The van der Waals surface area contributed by atoms with E-state index in [4.69, 9.17) is 0 Å². The molecular weight excluding hydrogens is 136 g/mol. The van der Waals surface area contributed by atoms with Gasteiger partial charge in [-0.2, -0.15) is 0 Å². The molecule has 0 radical (unpaired) electrons. The molecule has 2 unspecified atom stereocenters. The van der Waals surface area contributed by atoms with Crippen LogP contribution in [0.15, 0.2) is 0 Å². The smallest absolute Gasteiger partial charge is 0.0130 e. The van der Waals surface area contributed by atoms with Gasteiger partial charge in [-0.05, 0) is 18.7 Å². The Kier molecular flexibility index (Phi) is 4.05. The van der Waals surface area contributed by atoms with E-state index in [1.54, 1.807) is 0 Å². The van der Waals surface area contributed by atoms with Crippen molar-refractivity contribution in [2.24, 2.45) is 0 Å². The molecule has 0 aliphatic carbocycles. The standard InChI is InChI=1S/C5H13NP2/c1-2-7-4-6-5-8-3-1/h6-8H,1-5H2. The van der Waals surface area contributed by atoms with Gasteiger partial charge in [0.05, 0.1) is 0 Å². The molecule has 0 aromatic heterocycles. The summed E-state index contributed by atoms with van der Waals surface area (Å²) >= 11 is 0. The SMILES string of the molecule is C1CPCNCPC1. The monoisotopic (exact) mass is 149 g/mol. The van der Waals surface area contributed by atoms with Crippen LogP contribution in [-0.4, -0.2) is 24.9 Å². The molecule has 1 aliphatic heterocycles. The number of hydrogen-bond acceptors (Lipinski definition) is 1. The van der Waals surface area contributed by atoms with E-state index >= 15 is 0 Å². The minimum absolute atomic E-state index is 1.18. The van der Waals surface area contributed by atoms with Crippen LogP contribution in [0.25, 0.3) is 0 Å². The number of hydrogen-bond donors (Lipinski definition) is 1. The van der Waals surface area contributed by atoms with E-state index in [9.17, 15) is 0 Å². The second kappa shape index (κ2) is 4.68. The zero-order chi connectivity index (χ0) is 5.66. The summed E-state index contributed by atoms with van der Waals surface area (Å²) in [7, 11) is 2.37. The van der Waals surface area contributed by atoms with Crippen molar-refractivity contribution in [1.82, 2.24) is 5.32 Å². The highest BCUT2D eigenvalue weighted by Crippen LogP contribution is 2.18. The third-order valence-corrected chi connectivity index (χ3v) is 3.62. The molecule has 1 nitrogen and oxygen atoms in total. The second-order valence-corrected chi connectivity index (χ2v) is 4.66. The Morgan fingerprint density at radius 1 is 1.00 bits per heavy atom. The van der Waals surface area contributed by atoms with Crippen LogP contribution in [0.4, 0.5) is 0 Å². The zero-order valence-electron chi connectivity index (χ0n) is 5.04.